The van der Waals surface area contributed by atoms with E-state index in [-0.39, 0.29) is 78.4 Å². The second-order valence-corrected chi connectivity index (χ2v) is 17.2. The minimum absolute atomic E-state index is 0.00160. The van der Waals surface area contributed by atoms with Crippen molar-refractivity contribution >= 4 is 35.6 Å². The highest BCUT2D eigenvalue weighted by atomic mass is 16.6. The van der Waals surface area contributed by atoms with Crippen molar-refractivity contribution in [2.75, 3.05) is 26.9 Å². The molecule has 0 aromatic carbocycles. The van der Waals surface area contributed by atoms with Crippen LogP contribution in [0.1, 0.15) is 66.2 Å². The molecule has 5 saturated carbocycles. The number of ketones is 1. The van der Waals surface area contributed by atoms with Crippen molar-refractivity contribution < 1.29 is 62.7 Å². The van der Waals surface area contributed by atoms with Gasteiger partial charge < -0.3 is 33.9 Å². The molecule has 2 unspecified atom stereocenters. The summed E-state index contributed by atoms with van der Waals surface area (Å²) in [7, 11) is 1.22. The van der Waals surface area contributed by atoms with Gasteiger partial charge in [-0.2, -0.15) is 0 Å². The first-order valence-electron chi connectivity index (χ1n) is 18.6. The van der Waals surface area contributed by atoms with Crippen molar-refractivity contribution in [3.63, 3.8) is 0 Å². The maximum atomic E-state index is 14.6. The standard InChI is InChI=1S/C40H44O13/c1-16-8-9-50-27(41)6-7-28(42)51-14-20-22-13-25-37(3,23-12-24(23)39(25,48)15-52-34(16)45)26-11-19-18-10-21(18)38(4)30(19)31(40(22,26)53-36(20)47)29(32(43)33(38)44)17(2)35(46)49-5/h8,18,21,23-26,31,33,44,48H,6-7,9-15H2,1-5H3/b16-8+,29-17-/t18-,21-,23-,24+,25?,26+,31+,33+,37+,38+,39+,40?/m1/s1. The van der Waals surface area contributed by atoms with E-state index in [0.717, 1.165) is 17.6 Å². The average Bonchev–Trinajstić information content (AvgIpc) is 4.05. The number of aliphatic hydroxyl groups is 2. The zero-order valence-corrected chi connectivity index (χ0v) is 30.4. The number of hydrogen-bond donors (Lipinski definition) is 2. The molecule has 0 aromatic rings. The summed E-state index contributed by atoms with van der Waals surface area (Å²) in [4.78, 5) is 80.8. The van der Waals surface area contributed by atoms with Crippen LogP contribution < -0.4 is 0 Å². The van der Waals surface area contributed by atoms with Gasteiger partial charge in [0.05, 0.1) is 31.4 Å². The van der Waals surface area contributed by atoms with Gasteiger partial charge in [0.1, 0.15) is 37.1 Å². The molecule has 12 atom stereocenters. The van der Waals surface area contributed by atoms with Crippen molar-refractivity contribution in [1.29, 1.82) is 0 Å². The Morgan fingerprint density at radius 3 is 2.36 bits per heavy atom. The molecule has 53 heavy (non-hydrogen) atoms. The Morgan fingerprint density at radius 1 is 0.925 bits per heavy atom. The van der Waals surface area contributed by atoms with Crippen molar-refractivity contribution in [3.05, 3.63) is 45.1 Å². The summed E-state index contributed by atoms with van der Waals surface area (Å²) >= 11 is 0. The lowest BCUT2D eigenvalue weighted by Crippen LogP contribution is -2.67. The van der Waals surface area contributed by atoms with Gasteiger partial charge in [0.25, 0.3) is 0 Å². The molecule has 0 amide bonds. The van der Waals surface area contributed by atoms with E-state index in [0.29, 0.717) is 18.4 Å². The number of allylic oxidation sites excluding steroid dienone is 1. The summed E-state index contributed by atoms with van der Waals surface area (Å²) in [5.74, 6) is -6.28. The molecule has 282 valence electrons. The number of cyclic esters (lactones) is 3. The fourth-order valence-electron chi connectivity index (χ4n) is 12.7. The number of rotatable bonds is 1. The van der Waals surface area contributed by atoms with E-state index < -0.39 is 88.1 Å². The van der Waals surface area contributed by atoms with E-state index in [1.165, 1.54) is 27.0 Å². The molecule has 2 heterocycles. The van der Waals surface area contributed by atoms with Crippen molar-refractivity contribution in [3.8, 4) is 0 Å². The molecule has 13 nitrogen and oxygen atoms in total. The van der Waals surface area contributed by atoms with Gasteiger partial charge in [-0.25, -0.2) is 14.4 Å². The van der Waals surface area contributed by atoms with Crippen molar-refractivity contribution in [1.82, 2.24) is 0 Å². The fraction of sp³-hybridized carbons (Fsp3) is 0.650. The summed E-state index contributed by atoms with van der Waals surface area (Å²) in [6, 6.07) is 0. The average molecular weight is 733 g/mol. The van der Waals surface area contributed by atoms with Gasteiger partial charge in [-0.15, -0.1) is 0 Å². The molecule has 7 aliphatic carbocycles. The number of ether oxygens (including phenoxy) is 5. The number of fused-ring (bicyclic) bond motifs is 7. The van der Waals surface area contributed by atoms with E-state index in [4.69, 9.17) is 23.7 Å². The van der Waals surface area contributed by atoms with Crippen LogP contribution >= 0.6 is 0 Å². The third kappa shape index (κ3) is 4.21. The monoisotopic (exact) mass is 732 g/mol. The molecule has 9 rings (SSSR count). The van der Waals surface area contributed by atoms with Crippen LogP contribution in [-0.2, 0) is 52.5 Å². The smallest absolute Gasteiger partial charge is 0.338 e. The SMILES string of the molecule is COC(=O)/C(C)=C1\C(=O)[C@H](O)[C@]2(C)C3=C(C[C@@H]4C5(OC(=O)C6=C5CC5[C@]4(C)[C@@H]4C[C@@H]4[C@@]5(O)COC(=O)/C(C)=C/COC(=O)CCC(=O)OC6)[C@H]31)[C@H]1C[C@H]12. The van der Waals surface area contributed by atoms with Crippen LogP contribution in [-0.4, -0.2) is 90.1 Å². The van der Waals surface area contributed by atoms with Gasteiger partial charge in [0.15, 0.2) is 5.78 Å². The quantitative estimate of drug-likeness (QED) is 0.173. The van der Waals surface area contributed by atoms with Gasteiger partial charge in [0.2, 0.25) is 0 Å². The van der Waals surface area contributed by atoms with E-state index in [2.05, 4.69) is 6.92 Å². The molecule has 0 radical (unpaired) electrons. The van der Waals surface area contributed by atoms with Crippen LogP contribution in [0.4, 0.5) is 0 Å². The molecule has 1 spiro atoms. The Bertz CT molecular complexity index is 1970. The molecular formula is C40H44O13. The van der Waals surface area contributed by atoms with Crippen LogP contribution in [0.25, 0.3) is 0 Å². The normalized spacial score (nSPS) is 47.3. The number of Topliss-reactive ketones (excluding diaryl/α,β-unsaturated/α-hetero) is 1. The summed E-state index contributed by atoms with van der Waals surface area (Å²) < 4.78 is 28.4. The molecule has 2 N–H and O–H groups in total. The van der Waals surface area contributed by atoms with E-state index in [9.17, 15) is 39.0 Å². The Hall–Kier alpha value is -4.10. The molecule has 0 saturated heterocycles. The number of aliphatic hydroxyl groups excluding tert-OH is 1. The molecule has 2 aliphatic heterocycles. The minimum atomic E-state index is -1.51. The van der Waals surface area contributed by atoms with Gasteiger partial charge in [-0.3, -0.25) is 14.4 Å². The number of methoxy groups -OCH3 is 1. The van der Waals surface area contributed by atoms with E-state index >= 15 is 0 Å². The van der Waals surface area contributed by atoms with E-state index in [1.54, 1.807) is 0 Å². The summed E-state index contributed by atoms with van der Waals surface area (Å²) in [6.45, 7) is 6.06. The van der Waals surface area contributed by atoms with E-state index in [1.807, 2.05) is 6.92 Å². The van der Waals surface area contributed by atoms with Crippen LogP contribution in [0, 0.1) is 52.3 Å². The Balaban J connectivity index is 1.27. The Morgan fingerprint density at radius 2 is 1.64 bits per heavy atom. The van der Waals surface area contributed by atoms with Crippen molar-refractivity contribution in [2.24, 2.45) is 52.3 Å². The maximum Gasteiger partial charge on any atom is 0.338 e. The largest absolute Gasteiger partial charge is 0.466 e. The summed E-state index contributed by atoms with van der Waals surface area (Å²) in [5.41, 5.74) is -1.89. The van der Waals surface area contributed by atoms with Crippen LogP contribution in [0.15, 0.2) is 45.1 Å². The molecular weight excluding hydrogens is 688 g/mol. The first-order chi connectivity index (χ1) is 25.1. The summed E-state index contributed by atoms with van der Waals surface area (Å²) in [5, 5.41) is 24.6. The maximum absolute atomic E-state index is 14.6. The van der Waals surface area contributed by atoms with Gasteiger partial charge in [-0.1, -0.05) is 19.4 Å². The predicted octanol–water partition coefficient (Wildman–Crippen LogP) is 2.38. The molecule has 5 fully saturated rings. The number of carbonyl (C=O) groups is 6. The fourth-order valence-corrected chi connectivity index (χ4v) is 12.7. The van der Waals surface area contributed by atoms with Crippen molar-refractivity contribution in [2.45, 2.75) is 83.5 Å². The van der Waals surface area contributed by atoms with Gasteiger partial charge >= 0.3 is 29.8 Å². The molecule has 0 aromatic heterocycles. The highest BCUT2D eigenvalue weighted by molar-refractivity contribution is 6.09. The molecule has 13 heteroatoms. The van der Waals surface area contributed by atoms with Gasteiger partial charge in [-0.05, 0) is 85.8 Å². The van der Waals surface area contributed by atoms with Gasteiger partial charge in [0, 0.05) is 34.0 Å². The Labute approximate surface area is 305 Å². The third-order valence-electron chi connectivity index (χ3n) is 15.2. The molecule has 9 aliphatic rings. The predicted molar refractivity (Wildman–Crippen MR) is 179 cm³/mol. The number of carbonyl (C=O) groups excluding carboxylic acids is 6. The summed E-state index contributed by atoms with van der Waals surface area (Å²) in [6.07, 6.45) is 1.42. The van der Waals surface area contributed by atoms with Crippen LogP contribution in [0.5, 0.6) is 0 Å². The van der Waals surface area contributed by atoms with Crippen LogP contribution in [0.3, 0.4) is 0 Å². The lowest BCUT2D eigenvalue weighted by Gasteiger charge is -2.63. The number of esters is 5. The van der Waals surface area contributed by atoms with Crippen LogP contribution in [0.2, 0.25) is 0 Å². The molecule has 2 bridgehead atoms. The second-order valence-electron chi connectivity index (χ2n) is 17.2. The number of hydrogen-bond acceptors (Lipinski definition) is 13. The lowest BCUT2D eigenvalue weighted by molar-refractivity contribution is -0.191. The highest BCUT2D eigenvalue weighted by Crippen LogP contribution is 2.83. The zero-order chi connectivity index (χ0) is 37.7. The zero-order valence-electron chi connectivity index (χ0n) is 30.4. The lowest BCUT2D eigenvalue weighted by atomic mass is 9.42. The third-order valence-corrected chi connectivity index (χ3v) is 15.2. The topological polar surface area (TPSA) is 189 Å². The second kappa shape index (κ2) is 11.0. The first kappa shape index (κ1) is 34.7. The highest BCUT2D eigenvalue weighted by Gasteiger charge is 2.84. The first-order valence-corrected chi connectivity index (χ1v) is 18.6. The Kier molecular flexibility index (Phi) is 7.19. The minimum Gasteiger partial charge on any atom is -0.466 e.